The van der Waals surface area contributed by atoms with E-state index in [2.05, 4.69) is 115 Å². The molecular weight excluding hydrogens is 639 g/mol. The van der Waals surface area contributed by atoms with Gasteiger partial charge in [0.1, 0.15) is 0 Å². The molecule has 0 nitrogen and oxygen atoms in total. The van der Waals surface area contributed by atoms with Gasteiger partial charge in [-0.1, -0.05) is 138 Å². The maximum Gasteiger partial charge on any atom is 4.00 e. The molecule has 0 unspecified atom stereocenters. The second kappa shape index (κ2) is 19.5. The molecule has 0 aromatic heterocycles. The first-order chi connectivity index (χ1) is 19.0. The van der Waals surface area contributed by atoms with E-state index < -0.39 is 8.07 Å². The molecule has 0 fully saturated rings. The molecule has 4 rings (SSSR count). The van der Waals surface area contributed by atoms with Crippen LogP contribution in [0.2, 0.25) is 0 Å². The van der Waals surface area contributed by atoms with Crippen LogP contribution in [0.4, 0.5) is 0 Å². The van der Waals surface area contributed by atoms with Crippen molar-refractivity contribution in [3.8, 4) is 0 Å². The maximum atomic E-state index is 3.78. The summed E-state index contributed by atoms with van der Waals surface area (Å²) in [6.45, 7) is 16.2. The van der Waals surface area contributed by atoms with Crippen molar-refractivity contribution in [3.63, 3.8) is 0 Å². The summed E-state index contributed by atoms with van der Waals surface area (Å²) in [6.07, 6.45) is 15.8. The van der Waals surface area contributed by atoms with Gasteiger partial charge in [-0.05, 0) is 71.9 Å². The van der Waals surface area contributed by atoms with E-state index in [0.29, 0.717) is 0 Å². The van der Waals surface area contributed by atoms with E-state index in [9.17, 15) is 0 Å². The Bertz CT molecular complexity index is 1170. The molecular formula is C38H49Cl3SiTi. The summed E-state index contributed by atoms with van der Waals surface area (Å²) in [5, 5.41) is 6.39. The Labute approximate surface area is 297 Å². The van der Waals surface area contributed by atoms with E-state index in [4.69, 9.17) is 0 Å². The second-order valence-electron chi connectivity index (χ2n) is 11.2. The summed E-state index contributed by atoms with van der Waals surface area (Å²) in [6, 6.07) is 22.9. The summed E-state index contributed by atoms with van der Waals surface area (Å²) in [4.78, 5) is 0. The molecule has 0 atom stereocenters. The summed E-state index contributed by atoms with van der Waals surface area (Å²) >= 11 is 0. The van der Waals surface area contributed by atoms with Gasteiger partial charge in [-0.3, -0.25) is 6.08 Å². The molecule has 3 aromatic carbocycles. The van der Waals surface area contributed by atoms with Gasteiger partial charge in [0, 0.05) is 0 Å². The van der Waals surface area contributed by atoms with E-state index in [1.807, 2.05) is 0 Å². The molecule has 0 heterocycles. The average molecular weight is 688 g/mol. The summed E-state index contributed by atoms with van der Waals surface area (Å²) < 4.78 is 0. The van der Waals surface area contributed by atoms with E-state index in [-0.39, 0.29) is 58.9 Å². The molecule has 43 heavy (non-hydrogen) atoms. The molecule has 0 saturated heterocycles. The van der Waals surface area contributed by atoms with Gasteiger partial charge in [-0.2, -0.15) is 6.08 Å². The fourth-order valence-corrected chi connectivity index (χ4v) is 12.0. The Balaban J connectivity index is 0.00000441. The Morgan fingerprint density at radius 1 is 0.512 bits per heavy atom. The Hall–Kier alpha value is -1.06. The largest absolute Gasteiger partial charge is 4.00 e. The van der Waals surface area contributed by atoms with Crippen LogP contribution in [0.3, 0.4) is 0 Å². The van der Waals surface area contributed by atoms with E-state index in [1.165, 1.54) is 39.0 Å². The van der Waals surface area contributed by atoms with E-state index in [0.717, 1.165) is 57.8 Å². The van der Waals surface area contributed by atoms with Crippen LogP contribution >= 0.6 is 0 Å². The van der Waals surface area contributed by atoms with Crippen LogP contribution in [0.15, 0.2) is 71.4 Å². The standard InChI is InChI=1S/C38H49Si.3ClH.Ti/c1-8-16-34-17-15-18-38(34)39(35-22-28(9-2)19-29(10-3)23-35,36-24-30(11-4)20-31(12-5)25-36)37-26-32(13-6)21-33(14-7)27-37;;;;/h15,19-27H,8-14,16,18H2,1-7H3;3*1H;/q-1;;;;+4/p-3. The van der Waals surface area contributed by atoms with Crippen molar-refractivity contribution in [2.24, 2.45) is 0 Å². The van der Waals surface area contributed by atoms with E-state index >= 15 is 0 Å². The van der Waals surface area contributed by atoms with Crippen molar-refractivity contribution in [2.45, 2.75) is 106 Å². The minimum Gasteiger partial charge on any atom is -1.00 e. The first-order valence-electron chi connectivity index (χ1n) is 15.7. The number of hydrogen-bond acceptors (Lipinski definition) is 0. The molecule has 5 heteroatoms. The van der Waals surface area contributed by atoms with Crippen LogP contribution in [-0.4, -0.2) is 8.07 Å². The third kappa shape index (κ3) is 8.81. The third-order valence-electron chi connectivity index (χ3n) is 8.81. The molecule has 3 aromatic rings. The normalized spacial score (nSPS) is 12.3. The van der Waals surface area contributed by atoms with Crippen LogP contribution in [-0.2, 0) is 60.2 Å². The Kier molecular flexibility index (Phi) is 19.0. The van der Waals surface area contributed by atoms with Gasteiger partial charge < -0.3 is 37.2 Å². The number of hydrogen-bond donors (Lipinski definition) is 0. The number of allylic oxidation sites excluding steroid dienone is 4. The quantitative estimate of drug-likeness (QED) is 0.130. The van der Waals surface area contributed by atoms with Crippen molar-refractivity contribution in [1.82, 2.24) is 0 Å². The molecule has 0 aliphatic heterocycles. The third-order valence-corrected chi connectivity index (χ3v) is 13.7. The number of benzene rings is 3. The smallest absolute Gasteiger partial charge is 1.00 e. The molecule has 0 radical (unpaired) electrons. The van der Waals surface area contributed by atoms with Crippen molar-refractivity contribution in [1.29, 1.82) is 0 Å². The Morgan fingerprint density at radius 2 is 0.814 bits per heavy atom. The number of rotatable bonds is 12. The van der Waals surface area contributed by atoms with Crippen molar-refractivity contribution in [2.75, 3.05) is 0 Å². The SMILES string of the molecule is CCCC1=C([Si](c2cc(CC)cc(CC)c2)(c2cc(CC)cc(CC)c2)c2cc(CC)cc(CC)c2)CC=[C-]1.[Cl-].[Cl-].[Cl-].[Ti+4]. The molecule has 1 aliphatic carbocycles. The first-order valence-corrected chi connectivity index (χ1v) is 17.7. The zero-order chi connectivity index (χ0) is 28.0. The topological polar surface area (TPSA) is 0 Å². The number of halogens is 3. The van der Waals surface area contributed by atoms with Crippen LogP contribution in [0.25, 0.3) is 0 Å². The monoisotopic (exact) mass is 686 g/mol. The van der Waals surface area contributed by atoms with Gasteiger partial charge in [-0.15, -0.1) is 0 Å². The fourth-order valence-electron chi connectivity index (χ4n) is 6.52. The van der Waals surface area contributed by atoms with Gasteiger partial charge in [0.25, 0.3) is 0 Å². The molecule has 0 spiro atoms. The summed E-state index contributed by atoms with van der Waals surface area (Å²) in [5.74, 6) is 0. The van der Waals surface area contributed by atoms with Crippen LogP contribution in [0.1, 0.15) is 101 Å². The van der Waals surface area contributed by atoms with Gasteiger partial charge in [0.2, 0.25) is 0 Å². The van der Waals surface area contributed by atoms with Gasteiger partial charge in [0.05, 0.1) is 8.07 Å². The summed E-state index contributed by atoms with van der Waals surface area (Å²) in [7, 11) is -2.59. The summed E-state index contributed by atoms with van der Waals surface area (Å²) in [5.41, 5.74) is 10.3. The molecule has 0 saturated carbocycles. The minimum atomic E-state index is -2.59. The van der Waals surface area contributed by atoms with Crippen LogP contribution < -0.4 is 52.8 Å². The van der Waals surface area contributed by atoms with Crippen molar-refractivity contribution < 1.29 is 58.9 Å². The predicted octanol–water partition coefficient (Wildman–Crippen LogP) is -1.06. The van der Waals surface area contributed by atoms with Gasteiger partial charge >= 0.3 is 21.7 Å². The van der Waals surface area contributed by atoms with Gasteiger partial charge in [0.15, 0.2) is 0 Å². The van der Waals surface area contributed by atoms with Crippen molar-refractivity contribution >= 4 is 23.6 Å². The maximum absolute atomic E-state index is 3.78. The molecule has 0 bridgehead atoms. The molecule has 1 aliphatic rings. The number of aryl methyl sites for hydroxylation is 6. The fraction of sp³-hybridized carbons (Fsp3) is 0.421. The second-order valence-corrected chi connectivity index (χ2v) is 15.1. The zero-order valence-electron chi connectivity index (χ0n) is 27.3. The average Bonchev–Trinajstić information content (AvgIpc) is 3.45. The molecule has 0 amide bonds. The van der Waals surface area contributed by atoms with Crippen LogP contribution in [0.5, 0.6) is 0 Å². The van der Waals surface area contributed by atoms with E-state index in [1.54, 1.807) is 20.8 Å². The first kappa shape index (κ1) is 41.9. The Morgan fingerprint density at radius 3 is 1.07 bits per heavy atom. The minimum absolute atomic E-state index is 0. The van der Waals surface area contributed by atoms with Crippen LogP contribution in [0, 0.1) is 6.08 Å². The molecule has 0 N–H and O–H groups in total. The van der Waals surface area contributed by atoms with Gasteiger partial charge in [-0.25, -0.2) is 10.8 Å². The molecule has 230 valence electrons. The zero-order valence-corrected chi connectivity index (χ0v) is 32.1. The van der Waals surface area contributed by atoms with Crippen molar-refractivity contribution in [3.05, 3.63) is 111 Å². The predicted molar refractivity (Wildman–Crippen MR) is 175 cm³/mol.